The van der Waals surface area contributed by atoms with Crippen molar-refractivity contribution in [1.29, 1.82) is 0 Å². The van der Waals surface area contributed by atoms with Gasteiger partial charge in [0.15, 0.2) is 0 Å². The fourth-order valence-electron chi connectivity index (χ4n) is 2.40. The van der Waals surface area contributed by atoms with Crippen LogP contribution in [-0.4, -0.2) is 12.1 Å². The molecule has 1 heteroatoms. The Morgan fingerprint density at radius 2 is 2.27 bits per heavy atom. The predicted molar refractivity (Wildman–Crippen MR) is 47.5 cm³/mol. The van der Waals surface area contributed by atoms with Gasteiger partial charge in [0.25, 0.3) is 0 Å². The number of rotatable bonds is 2. The van der Waals surface area contributed by atoms with Crippen molar-refractivity contribution in [3.8, 4) is 0 Å². The average molecular weight is 151 g/mol. The van der Waals surface area contributed by atoms with Gasteiger partial charge < -0.3 is 5.32 Å². The number of nitrogens with one attached hydrogen (secondary N) is 1. The first-order valence-electron chi connectivity index (χ1n) is 4.67. The summed E-state index contributed by atoms with van der Waals surface area (Å²) in [5.41, 5.74) is 1.72. The van der Waals surface area contributed by atoms with Crippen molar-refractivity contribution in [2.45, 2.75) is 38.1 Å². The fourth-order valence-corrected chi connectivity index (χ4v) is 2.40. The van der Waals surface area contributed by atoms with Crippen LogP contribution in [0.15, 0.2) is 12.2 Å². The zero-order valence-corrected chi connectivity index (χ0v) is 7.32. The van der Waals surface area contributed by atoms with E-state index in [-0.39, 0.29) is 0 Å². The van der Waals surface area contributed by atoms with Gasteiger partial charge in [0.05, 0.1) is 0 Å². The van der Waals surface area contributed by atoms with Crippen molar-refractivity contribution < 1.29 is 0 Å². The van der Waals surface area contributed by atoms with E-state index in [4.69, 9.17) is 0 Å². The normalized spacial score (nSPS) is 37.5. The van der Waals surface area contributed by atoms with Crippen LogP contribution < -0.4 is 5.32 Å². The fraction of sp³-hybridized carbons (Fsp3) is 0.800. The third-order valence-electron chi connectivity index (χ3n) is 3.22. The van der Waals surface area contributed by atoms with Gasteiger partial charge in [-0.2, -0.15) is 0 Å². The second-order valence-corrected chi connectivity index (χ2v) is 4.06. The second kappa shape index (κ2) is 2.34. The largest absolute Gasteiger partial charge is 0.307 e. The first-order chi connectivity index (χ1) is 5.26. The zero-order chi connectivity index (χ0) is 7.90. The Morgan fingerprint density at radius 1 is 1.55 bits per heavy atom. The Bertz CT molecular complexity index is 173. The minimum atomic E-state index is 0.361. The van der Waals surface area contributed by atoms with Crippen LogP contribution in [0.25, 0.3) is 0 Å². The van der Waals surface area contributed by atoms with Crippen LogP contribution in [0.1, 0.15) is 32.6 Å². The van der Waals surface area contributed by atoms with Crippen LogP contribution >= 0.6 is 0 Å². The summed E-state index contributed by atoms with van der Waals surface area (Å²) in [5.74, 6) is 0.919. The molecule has 0 aromatic rings. The molecule has 62 valence electrons. The van der Waals surface area contributed by atoms with Crippen molar-refractivity contribution in [3.05, 3.63) is 12.2 Å². The van der Waals surface area contributed by atoms with Gasteiger partial charge in [0, 0.05) is 5.54 Å². The molecule has 0 amide bonds. The highest BCUT2D eigenvalue weighted by atomic mass is 15.0. The zero-order valence-electron chi connectivity index (χ0n) is 7.32. The maximum atomic E-state index is 4.11. The summed E-state index contributed by atoms with van der Waals surface area (Å²) in [6, 6.07) is 0. The highest BCUT2D eigenvalue weighted by Gasteiger charge is 2.46. The van der Waals surface area contributed by atoms with Gasteiger partial charge in [-0.1, -0.05) is 12.2 Å². The van der Waals surface area contributed by atoms with Gasteiger partial charge in [-0.05, 0) is 45.1 Å². The van der Waals surface area contributed by atoms with Crippen LogP contribution in [0, 0.1) is 5.92 Å². The molecular weight excluding hydrogens is 134 g/mol. The molecule has 0 radical (unpaired) electrons. The van der Waals surface area contributed by atoms with E-state index in [1.165, 1.54) is 37.8 Å². The predicted octanol–water partition coefficient (Wildman–Crippen LogP) is 2.09. The van der Waals surface area contributed by atoms with Gasteiger partial charge in [-0.3, -0.25) is 0 Å². The van der Waals surface area contributed by atoms with Gasteiger partial charge in [-0.25, -0.2) is 0 Å². The van der Waals surface area contributed by atoms with Crippen molar-refractivity contribution >= 4 is 0 Å². The van der Waals surface area contributed by atoms with Gasteiger partial charge in [0.2, 0.25) is 0 Å². The minimum Gasteiger partial charge on any atom is -0.307 e. The Morgan fingerprint density at radius 3 is 2.64 bits per heavy atom. The lowest BCUT2D eigenvalue weighted by molar-refractivity contribution is 0.388. The molecule has 1 heterocycles. The second-order valence-electron chi connectivity index (χ2n) is 4.06. The Hall–Kier alpha value is -0.300. The molecule has 0 aromatic carbocycles. The van der Waals surface area contributed by atoms with E-state index in [1.54, 1.807) is 0 Å². The lowest BCUT2D eigenvalue weighted by atomic mass is 9.85. The molecule has 0 spiro atoms. The number of hydrogen-bond acceptors (Lipinski definition) is 1. The summed E-state index contributed by atoms with van der Waals surface area (Å²) in [4.78, 5) is 0. The standard InChI is InChI=1S/C10H17N/c1-8(2)10(9-4-5-9)6-3-7-11-10/h9,11H,1,3-7H2,2H3. The van der Waals surface area contributed by atoms with Crippen molar-refractivity contribution in [2.75, 3.05) is 6.54 Å². The molecule has 0 bridgehead atoms. The van der Waals surface area contributed by atoms with E-state index in [9.17, 15) is 0 Å². The molecule has 1 aliphatic carbocycles. The first kappa shape index (κ1) is 7.35. The van der Waals surface area contributed by atoms with Crippen LogP contribution in [-0.2, 0) is 0 Å². The summed E-state index contributed by atoms with van der Waals surface area (Å²) in [6.45, 7) is 7.48. The summed E-state index contributed by atoms with van der Waals surface area (Å²) < 4.78 is 0. The lowest BCUT2D eigenvalue weighted by Gasteiger charge is -2.30. The molecule has 1 N–H and O–H groups in total. The molecule has 1 saturated heterocycles. The third kappa shape index (κ3) is 1.02. The average Bonchev–Trinajstić information content (AvgIpc) is 2.69. The van der Waals surface area contributed by atoms with Gasteiger partial charge in [0.1, 0.15) is 0 Å². The smallest absolute Gasteiger partial charge is 0.0417 e. The SMILES string of the molecule is C=C(C)C1(C2CC2)CCCN1. The molecule has 1 atom stereocenters. The molecule has 0 aromatic heterocycles. The summed E-state index contributed by atoms with van der Waals surface area (Å²) in [7, 11) is 0. The maximum Gasteiger partial charge on any atom is 0.0417 e. The van der Waals surface area contributed by atoms with Gasteiger partial charge >= 0.3 is 0 Å². The van der Waals surface area contributed by atoms with E-state index < -0.39 is 0 Å². The quantitative estimate of drug-likeness (QED) is 0.596. The molecule has 1 aliphatic heterocycles. The molecule has 1 unspecified atom stereocenters. The van der Waals surface area contributed by atoms with Crippen molar-refractivity contribution in [2.24, 2.45) is 5.92 Å². The summed E-state index contributed by atoms with van der Waals surface area (Å²) >= 11 is 0. The monoisotopic (exact) mass is 151 g/mol. The highest BCUT2D eigenvalue weighted by molar-refractivity contribution is 5.22. The van der Waals surface area contributed by atoms with E-state index in [0.29, 0.717) is 5.54 Å². The molecule has 2 fully saturated rings. The molecule has 2 rings (SSSR count). The van der Waals surface area contributed by atoms with E-state index >= 15 is 0 Å². The Labute approximate surface area is 68.9 Å². The molecule has 1 nitrogen and oxygen atoms in total. The highest BCUT2D eigenvalue weighted by Crippen LogP contribution is 2.47. The summed E-state index contributed by atoms with van der Waals surface area (Å²) in [5, 5.41) is 3.63. The molecule has 2 aliphatic rings. The van der Waals surface area contributed by atoms with Gasteiger partial charge in [-0.15, -0.1) is 0 Å². The third-order valence-corrected chi connectivity index (χ3v) is 3.22. The van der Waals surface area contributed by atoms with Crippen molar-refractivity contribution in [1.82, 2.24) is 5.32 Å². The number of hydrogen-bond donors (Lipinski definition) is 1. The lowest BCUT2D eigenvalue weighted by Crippen LogP contribution is -2.42. The first-order valence-corrected chi connectivity index (χ1v) is 4.67. The Kier molecular flexibility index (Phi) is 1.57. The molecule has 11 heavy (non-hydrogen) atoms. The van der Waals surface area contributed by atoms with Crippen LogP contribution in [0.5, 0.6) is 0 Å². The molecular formula is C10H17N. The summed E-state index contributed by atoms with van der Waals surface area (Å²) in [6.07, 6.45) is 5.50. The minimum absolute atomic E-state index is 0.361. The topological polar surface area (TPSA) is 12.0 Å². The van der Waals surface area contributed by atoms with E-state index in [2.05, 4.69) is 18.8 Å². The van der Waals surface area contributed by atoms with E-state index in [0.717, 1.165) is 5.92 Å². The molecule has 1 saturated carbocycles. The van der Waals surface area contributed by atoms with E-state index in [1.807, 2.05) is 0 Å². The van der Waals surface area contributed by atoms with Crippen molar-refractivity contribution in [3.63, 3.8) is 0 Å². The maximum absolute atomic E-state index is 4.11. The van der Waals surface area contributed by atoms with Crippen LogP contribution in [0.4, 0.5) is 0 Å². The van der Waals surface area contributed by atoms with Crippen LogP contribution in [0.3, 0.4) is 0 Å². The Balaban J connectivity index is 2.17. The van der Waals surface area contributed by atoms with Crippen LogP contribution in [0.2, 0.25) is 0 Å².